The van der Waals surface area contributed by atoms with Crippen molar-refractivity contribution < 1.29 is 9.53 Å². The van der Waals surface area contributed by atoms with E-state index in [1.54, 1.807) is 47.4 Å². The van der Waals surface area contributed by atoms with Crippen molar-refractivity contribution >= 4 is 38.9 Å². The molecule has 1 aliphatic rings. The molecular weight excluding hydrogens is 436 g/mol. The normalized spacial score (nSPS) is 14.6. The minimum Gasteiger partial charge on any atom is -0.398 e. The highest BCUT2D eigenvalue weighted by atomic mass is 79.9. The van der Waals surface area contributed by atoms with Gasteiger partial charge in [-0.25, -0.2) is 5.84 Å². The van der Waals surface area contributed by atoms with Gasteiger partial charge in [0, 0.05) is 40.6 Å². The predicted octanol–water partition coefficient (Wildman–Crippen LogP) is 2.05. The quantitative estimate of drug-likeness (QED) is 0.234. The number of anilines is 2. The van der Waals surface area contributed by atoms with Crippen LogP contribution in [0.25, 0.3) is 0 Å². The Labute approximate surface area is 177 Å². The molecule has 152 valence electrons. The third kappa shape index (κ3) is 4.94. The number of allylic oxidation sites excluding steroid dienone is 1. The Bertz CT molecular complexity index is 938. The van der Waals surface area contributed by atoms with E-state index in [2.05, 4.69) is 15.9 Å². The van der Waals surface area contributed by atoms with E-state index in [1.807, 2.05) is 0 Å². The Balaban J connectivity index is 1.72. The first-order valence-electron chi connectivity index (χ1n) is 8.99. The van der Waals surface area contributed by atoms with Gasteiger partial charge in [-0.05, 0) is 42.5 Å². The number of amides is 1. The van der Waals surface area contributed by atoms with Crippen molar-refractivity contribution in [3.63, 3.8) is 0 Å². The Morgan fingerprint density at radius 1 is 1.17 bits per heavy atom. The Hall–Kier alpha value is -2.88. The zero-order valence-corrected chi connectivity index (χ0v) is 17.4. The summed E-state index contributed by atoms with van der Waals surface area (Å²) >= 11 is 3.36. The molecule has 2 aromatic rings. The number of morpholine rings is 1. The second-order valence-corrected chi connectivity index (χ2v) is 7.47. The first kappa shape index (κ1) is 20.8. The third-order valence-corrected chi connectivity index (χ3v) is 5.06. The summed E-state index contributed by atoms with van der Waals surface area (Å²) in [6.45, 7) is 2.28. The number of nitrogens with zero attached hydrogens (tertiary/aromatic N) is 2. The molecule has 3 rings (SSSR count). The van der Waals surface area contributed by atoms with Gasteiger partial charge in [0.05, 0.1) is 30.3 Å². The Kier molecular flexibility index (Phi) is 6.53. The van der Waals surface area contributed by atoms with Crippen molar-refractivity contribution in [2.75, 3.05) is 37.0 Å². The number of benzene rings is 2. The lowest BCUT2D eigenvalue weighted by atomic mass is 10.1. The maximum absolute atomic E-state index is 12.5. The van der Waals surface area contributed by atoms with Crippen molar-refractivity contribution in [3.8, 4) is 0 Å². The zero-order valence-electron chi connectivity index (χ0n) is 15.8. The van der Waals surface area contributed by atoms with E-state index in [4.69, 9.17) is 27.5 Å². The fraction of sp³-hybridized carbons (Fsp3) is 0.200. The molecule has 0 aromatic heterocycles. The van der Waals surface area contributed by atoms with Gasteiger partial charge in [-0.2, -0.15) is 0 Å². The molecule has 29 heavy (non-hydrogen) atoms. The van der Waals surface area contributed by atoms with Gasteiger partial charge in [0.15, 0.2) is 0 Å². The Morgan fingerprint density at radius 2 is 1.83 bits per heavy atom. The zero-order chi connectivity index (χ0) is 21.0. The average Bonchev–Trinajstić information content (AvgIpc) is 2.75. The largest absolute Gasteiger partial charge is 0.398 e. The minimum atomic E-state index is -0.0367. The van der Waals surface area contributed by atoms with Crippen LogP contribution in [0.15, 0.2) is 58.8 Å². The molecule has 1 saturated heterocycles. The molecule has 0 unspecified atom stereocenters. The fourth-order valence-corrected chi connectivity index (χ4v) is 3.28. The monoisotopic (exact) mass is 458 g/mol. The highest BCUT2D eigenvalue weighted by molar-refractivity contribution is 9.10. The lowest BCUT2D eigenvalue weighted by Gasteiger charge is -2.27. The van der Waals surface area contributed by atoms with Crippen LogP contribution in [-0.4, -0.2) is 42.8 Å². The van der Waals surface area contributed by atoms with Gasteiger partial charge in [0.1, 0.15) is 0 Å². The molecule has 0 spiro atoms. The standard InChI is InChI=1S/C20H23BrN6O2/c21-14-3-6-17(22)16(11-14)19(24)18(23)12-27(25)15-4-1-13(2-5-15)20(28)26-7-9-29-10-8-26/h1-6,11-12,24H,7-10,22-23,25H2/b18-12-,24-19?. The molecule has 1 amide bonds. The van der Waals surface area contributed by atoms with Crippen molar-refractivity contribution in [2.24, 2.45) is 11.6 Å². The molecule has 9 heteroatoms. The molecule has 0 atom stereocenters. The summed E-state index contributed by atoms with van der Waals surface area (Å²) in [5.41, 5.74) is 14.4. The molecule has 8 nitrogen and oxygen atoms in total. The first-order chi connectivity index (χ1) is 13.9. The number of hydrogen-bond donors (Lipinski definition) is 4. The number of rotatable bonds is 5. The number of carbonyl (C=O) groups excluding carboxylic acids is 1. The summed E-state index contributed by atoms with van der Waals surface area (Å²) < 4.78 is 6.07. The smallest absolute Gasteiger partial charge is 0.254 e. The molecule has 1 heterocycles. The number of hydrazine groups is 1. The summed E-state index contributed by atoms with van der Waals surface area (Å²) in [4.78, 5) is 14.3. The lowest BCUT2D eigenvalue weighted by molar-refractivity contribution is 0.0303. The van der Waals surface area contributed by atoms with Crippen LogP contribution in [0.4, 0.5) is 11.4 Å². The van der Waals surface area contributed by atoms with E-state index >= 15 is 0 Å². The number of nitrogen functional groups attached to an aromatic ring is 1. The highest BCUT2D eigenvalue weighted by Gasteiger charge is 2.18. The summed E-state index contributed by atoms with van der Waals surface area (Å²) in [5, 5.41) is 9.60. The van der Waals surface area contributed by atoms with E-state index in [9.17, 15) is 4.79 Å². The number of hydrogen-bond acceptors (Lipinski definition) is 7. The van der Waals surface area contributed by atoms with Gasteiger partial charge in [-0.1, -0.05) is 15.9 Å². The van der Waals surface area contributed by atoms with E-state index in [0.717, 1.165) is 4.47 Å². The van der Waals surface area contributed by atoms with Gasteiger partial charge < -0.3 is 21.1 Å². The van der Waals surface area contributed by atoms with Crippen LogP contribution in [0.1, 0.15) is 15.9 Å². The van der Waals surface area contributed by atoms with Crippen LogP contribution in [-0.2, 0) is 4.74 Å². The van der Waals surface area contributed by atoms with E-state index < -0.39 is 0 Å². The number of nitrogens with one attached hydrogen (secondary N) is 1. The number of ether oxygens (including phenoxy) is 1. The molecule has 0 bridgehead atoms. The minimum absolute atomic E-state index is 0.0367. The van der Waals surface area contributed by atoms with E-state index in [-0.39, 0.29) is 17.3 Å². The molecule has 0 radical (unpaired) electrons. The summed E-state index contributed by atoms with van der Waals surface area (Å²) in [6, 6.07) is 12.1. The molecule has 1 aliphatic heterocycles. The second kappa shape index (κ2) is 9.08. The highest BCUT2D eigenvalue weighted by Crippen LogP contribution is 2.21. The van der Waals surface area contributed by atoms with Crippen LogP contribution in [0.5, 0.6) is 0 Å². The van der Waals surface area contributed by atoms with Crippen molar-refractivity contribution in [2.45, 2.75) is 0 Å². The molecule has 0 aliphatic carbocycles. The maximum Gasteiger partial charge on any atom is 0.254 e. The van der Waals surface area contributed by atoms with Crippen LogP contribution < -0.4 is 22.3 Å². The third-order valence-electron chi connectivity index (χ3n) is 4.56. The maximum atomic E-state index is 12.5. The molecule has 7 N–H and O–H groups in total. The number of carbonyl (C=O) groups is 1. The molecule has 2 aromatic carbocycles. The summed E-state index contributed by atoms with van der Waals surface area (Å²) in [6.07, 6.45) is 1.45. The average molecular weight is 459 g/mol. The van der Waals surface area contributed by atoms with Gasteiger partial charge >= 0.3 is 0 Å². The summed E-state index contributed by atoms with van der Waals surface area (Å²) in [5.74, 6) is 6.04. The fourth-order valence-electron chi connectivity index (χ4n) is 2.91. The molecular formula is C20H23BrN6O2. The van der Waals surface area contributed by atoms with Crippen LogP contribution >= 0.6 is 15.9 Å². The van der Waals surface area contributed by atoms with Crippen LogP contribution in [0.2, 0.25) is 0 Å². The summed E-state index contributed by atoms with van der Waals surface area (Å²) in [7, 11) is 0. The predicted molar refractivity (Wildman–Crippen MR) is 117 cm³/mol. The van der Waals surface area contributed by atoms with Crippen molar-refractivity contribution in [3.05, 3.63) is 70.0 Å². The first-order valence-corrected chi connectivity index (χ1v) is 9.78. The van der Waals surface area contributed by atoms with E-state index in [1.165, 1.54) is 11.2 Å². The van der Waals surface area contributed by atoms with Gasteiger partial charge in [0.2, 0.25) is 0 Å². The molecule has 1 fully saturated rings. The van der Waals surface area contributed by atoms with Crippen molar-refractivity contribution in [1.29, 1.82) is 5.41 Å². The number of halogens is 1. The topological polar surface area (TPSA) is 135 Å². The van der Waals surface area contributed by atoms with Crippen molar-refractivity contribution in [1.82, 2.24) is 4.90 Å². The van der Waals surface area contributed by atoms with Crippen LogP contribution in [0.3, 0.4) is 0 Å². The van der Waals surface area contributed by atoms with E-state index in [0.29, 0.717) is 48.8 Å². The second-order valence-electron chi connectivity index (χ2n) is 6.55. The lowest BCUT2D eigenvalue weighted by Crippen LogP contribution is -2.40. The Morgan fingerprint density at radius 3 is 2.48 bits per heavy atom. The molecule has 0 saturated carbocycles. The number of nitrogens with two attached hydrogens (primary N) is 3. The van der Waals surface area contributed by atoms with Gasteiger partial charge in [-0.3, -0.25) is 15.2 Å². The SMILES string of the molecule is N=C(/C(N)=C/N(N)c1ccc(C(=O)N2CCOCC2)cc1)c1cc(Br)ccc1N. The van der Waals surface area contributed by atoms with Gasteiger partial charge in [0.25, 0.3) is 5.91 Å². The van der Waals surface area contributed by atoms with Crippen LogP contribution in [0, 0.1) is 5.41 Å². The van der Waals surface area contributed by atoms with Gasteiger partial charge in [-0.15, -0.1) is 0 Å².